The minimum atomic E-state index is 0.549. The molecule has 0 saturated carbocycles. The number of likely N-dealkylation sites (tertiary alicyclic amines) is 1. The highest BCUT2D eigenvalue weighted by atomic mass is 16.5. The summed E-state index contributed by atoms with van der Waals surface area (Å²) < 4.78 is 10.7. The molecule has 0 aromatic heterocycles. The van der Waals surface area contributed by atoms with Crippen LogP contribution in [-0.2, 0) is 0 Å². The van der Waals surface area contributed by atoms with Gasteiger partial charge in [0.15, 0.2) is 11.5 Å². The van der Waals surface area contributed by atoms with Crippen LogP contribution in [0.1, 0.15) is 18.4 Å². The first-order chi connectivity index (χ1) is 9.13. The molecule has 1 N–H and O–H groups in total. The third-order valence-electron chi connectivity index (χ3n) is 3.81. The molecule has 1 fully saturated rings. The summed E-state index contributed by atoms with van der Waals surface area (Å²) in [6.45, 7) is 4.41. The summed E-state index contributed by atoms with van der Waals surface area (Å²) in [5.74, 6) is 1.57. The van der Waals surface area contributed by atoms with Gasteiger partial charge in [0.05, 0.1) is 14.2 Å². The quantitative estimate of drug-likeness (QED) is 0.906. The topological polar surface area (TPSA) is 33.7 Å². The van der Waals surface area contributed by atoms with E-state index in [1.54, 1.807) is 14.2 Å². The Bertz CT molecular complexity index is 426. The number of methoxy groups -OCH3 is 2. The van der Waals surface area contributed by atoms with Crippen molar-refractivity contribution in [3.05, 3.63) is 17.7 Å². The molecule has 1 aromatic carbocycles. The van der Waals surface area contributed by atoms with Crippen LogP contribution in [0.5, 0.6) is 11.5 Å². The fourth-order valence-corrected chi connectivity index (χ4v) is 2.51. The maximum Gasteiger partial charge on any atom is 0.162 e. The van der Waals surface area contributed by atoms with Crippen LogP contribution in [0.15, 0.2) is 12.1 Å². The SMILES string of the molecule is COc1cc(C)c(NC2CCN(C)CC2)cc1OC. The minimum absolute atomic E-state index is 0.549. The molecule has 1 aromatic rings. The van der Waals surface area contributed by atoms with Gasteiger partial charge in [-0.2, -0.15) is 0 Å². The fraction of sp³-hybridized carbons (Fsp3) is 0.600. The van der Waals surface area contributed by atoms with Crippen molar-refractivity contribution >= 4 is 5.69 Å². The molecule has 1 aliphatic heterocycles. The first kappa shape index (κ1) is 14.0. The Morgan fingerprint density at radius 2 is 1.68 bits per heavy atom. The van der Waals surface area contributed by atoms with Crippen molar-refractivity contribution in [3.8, 4) is 11.5 Å². The number of piperidine rings is 1. The molecule has 1 heterocycles. The Balaban J connectivity index is 2.11. The van der Waals surface area contributed by atoms with Crippen molar-refractivity contribution in [2.24, 2.45) is 0 Å². The minimum Gasteiger partial charge on any atom is -0.493 e. The summed E-state index contributed by atoms with van der Waals surface area (Å²) in [7, 11) is 5.52. The molecule has 106 valence electrons. The monoisotopic (exact) mass is 264 g/mol. The second-order valence-corrected chi connectivity index (χ2v) is 5.24. The summed E-state index contributed by atoms with van der Waals surface area (Å²) in [6.07, 6.45) is 2.37. The summed E-state index contributed by atoms with van der Waals surface area (Å²) in [5.41, 5.74) is 2.34. The van der Waals surface area contributed by atoms with Gasteiger partial charge < -0.3 is 19.7 Å². The number of aryl methyl sites for hydroxylation is 1. The average Bonchev–Trinajstić information content (AvgIpc) is 2.43. The zero-order valence-electron chi connectivity index (χ0n) is 12.3. The van der Waals surface area contributed by atoms with E-state index < -0.39 is 0 Å². The maximum atomic E-state index is 5.36. The Hall–Kier alpha value is -1.42. The van der Waals surface area contributed by atoms with Crippen LogP contribution in [-0.4, -0.2) is 45.3 Å². The van der Waals surface area contributed by atoms with Gasteiger partial charge in [-0.15, -0.1) is 0 Å². The van der Waals surface area contributed by atoms with E-state index in [4.69, 9.17) is 9.47 Å². The van der Waals surface area contributed by atoms with Crippen LogP contribution in [0.3, 0.4) is 0 Å². The standard InChI is InChI=1S/C15H24N2O2/c1-11-9-14(18-3)15(19-4)10-13(11)16-12-5-7-17(2)8-6-12/h9-10,12,16H,5-8H2,1-4H3. The number of hydrogen-bond acceptors (Lipinski definition) is 4. The van der Waals surface area contributed by atoms with E-state index in [1.807, 2.05) is 12.1 Å². The molecular formula is C15H24N2O2. The Kier molecular flexibility index (Phi) is 4.53. The lowest BCUT2D eigenvalue weighted by atomic mass is 10.0. The third kappa shape index (κ3) is 3.32. The Morgan fingerprint density at radius 1 is 1.11 bits per heavy atom. The van der Waals surface area contributed by atoms with E-state index in [2.05, 4.69) is 24.2 Å². The summed E-state index contributed by atoms with van der Waals surface area (Å²) in [4.78, 5) is 2.37. The van der Waals surface area contributed by atoms with Crippen LogP contribution < -0.4 is 14.8 Å². The van der Waals surface area contributed by atoms with Crippen LogP contribution in [0.25, 0.3) is 0 Å². The molecule has 1 saturated heterocycles. The number of anilines is 1. The van der Waals surface area contributed by atoms with Gasteiger partial charge in [-0.3, -0.25) is 0 Å². The number of benzene rings is 1. The number of nitrogens with one attached hydrogen (secondary N) is 1. The molecule has 4 heteroatoms. The number of hydrogen-bond donors (Lipinski definition) is 1. The lowest BCUT2D eigenvalue weighted by molar-refractivity contribution is 0.264. The van der Waals surface area contributed by atoms with Crippen molar-refractivity contribution in [2.75, 3.05) is 39.7 Å². The fourth-order valence-electron chi connectivity index (χ4n) is 2.51. The summed E-state index contributed by atoms with van der Waals surface area (Å²) >= 11 is 0. The van der Waals surface area contributed by atoms with Gasteiger partial charge in [-0.05, 0) is 51.5 Å². The highest BCUT2D eigenvalue weighted by molar-refractivity contribution is 5.60. The zero-order chi connectivity index (χ0) is 13.8. The number of rotatable bonds is 4. The van der Waals surface area contributed by atoms with Crippen molar-refractivity contribution in [2.45, 2.75) is 25.8 Å². The van der Waals surface area contributed by atoms with Crippen molar-refractivity contribution in [3.63, 3.8) is 0 Å². The molecule has 0 bridgehead atoms. The normalized spacial score (nSPS) is 17.3. The molecule has 2 rings (SSSR count). The number of nitrogens with zero attached hydrogens (tertiary/aromatic N) is 1. The van der Waals surface area contributed by atoms with Crippen molar-refractivity contribution in [1.29, 1.82) is 0 Å². The van der Waals surface area contributed by atoms with Gasteiger partial charge in [0.2, 0.25) is 0 Å². The average molecular weight is 264 g/mol. The highest BCUT2D eigenvalue weighted by Crippen LogP contribution is 2.33. The van der Waals surface area contributed by atoms with Gasteiger partial charge in [0, 0.05) is 17.8 Å². The van der Waals surface area contributed by atoms with Gasteiger partial charge in [0.25, 0.3) is 0 Å². The third-order valence-corrected chi connectivity index (χ3v) is 3.81. The van der Waals surface area contributed by atoms with Gasteiger partial charge in [0.1, 0.15) is 0 Å². The Labute approximate surface area is 115 Å². The summed E-state index contributed by atoms with van der Waals surface area (Å²) in [6, 6.07) is 4.61. The molecule has 19 heavy (non-hydrogen) atoms. The molecule has 0 atom stereocenters. The van der Waals surface area contributed by atoms with E-state index >= 15 is 0 Å². The molecule has 0 amide bonds. The first-order valence-corrected chi connectivity index (χ1v) is 6.81. The van der Waals surface area contributed by atoms with Crippen LogP contribution >= 0.6 is 0 Å². The van der Waals surface area contributed by atoms with E-state index in [9.17, 15) is 0 Å². The second-order valence-electron chi connectivity index (χ2n) is 5.24. The van der Waals surface area contributed by atoms with Crippen molar-refractivity contribution in [1.82, 2.24) is 4.90 Å². The molecule has 0 unspecified atom stereocenters. The van der Waals surface area contributed by atoms with Crippen molar-refractivity contribution < 1.29 is 9.47 Å². The predicted molar refractivity (Wildman–Crippen MR) is 78.4 cm³/mol. The molecule has 0 radical (unpaired) electrons. The lowest BCUT2D eigenvalue weighted by Gasteiger charge is -2.30. The molecule has 0 spiro atoms. The van der Waals surface area contributed by atoms with Crippen LogP contribution in [0.4, 0.5) is 5.69 Å². The lowest BCUT2D eigenvalue weighted by Crippen LogP contribution is -2.36. The van der Waals surface area contributed by atoms with Crippen LogP contribution in [0, 0.1) is 6.92 Å². The maximum absolute atomic E-state index is 5.36. The van der Waals surface area contributed by atoms with E-state index in [0.717, 1.165) is 30.3 Å². The van der Waals surface area contributed by atoms with Gasteiger partial charge in [-0.25, -0.2) is 0 Å². The first-order valence-electron chi connectivity index (χ1n) is 6.81. The zero-order valence-corrected chi connectivity index (χ0v) is 12.3. The van der Waals surface area contributed by atoms with E-state index in [0.29, 0.717) is 6.04 Å². The van der Waals surface area contributed by atoms with Gasteiger partial charge in [-0.1, -0.05) is 0 Å². The predicted octanol–water partition coefficient (Wildman–Crippen LogP) is 2.52. The molecule has 0 aliphatic carbocycles. The van der Waals surface area contributed by atoms with E-state index in [1.165, 1.54) is 18.4 Å². The highest BCUT2D eigenvalue weighted by Gasteiger charge is 2.18. The van der Waals surface area contributed by atoms with Crippen LogP contribution in [0.2, 0.25) is 0 Å². The van der Waals surface area contributed by atoms with E-state index in [-0.39, 0.29) is 0 Å². The molecule has 1 aliphatic rings. The van der Waals surface area contributed by atoms with Gasteiger partial charge >= 0.3 is 0 Å². The smallest absolute Gasteiger partial charge is 0.162 e. The summed E-state index contributed by atoms with van der Waals surface area (Å²) in [5, 5.41) is 3.63. The second kappa shape index (κ2) is 6.15. The molecule has 4 nitrogen and oxygen atoms in total. The Morgan fingerprint density at radius 3 is 2.26 bits per heavy atom. The molecular weight excluding hydrogens is 240 g/mol. The number of ether oxygens (including phenoxy) is 2. The largest absolute Gasteiger partial charge is 0.493 e.